The maximum atomic E-state index is 13.0. The highest BCUT2D eigenvalue weighted by Crippen LogP contribution is 2.21. The number of aromatic amines is 1. The summed E-state index contributed by atoms with van der Waals surface area (Å²) < 4.78 is 32.6. The number of aromatic nitrogens is 3. The number of fused-ring (bicyclic) bond motifs is 1. The molecule has 0 unspecified atom stereocenters. The fraction of sp³-hybridized carbons (Fsp3) is 0.409. The Morgan fingerprint density at radius 3 is 2.70 bits per heavy atom. The molecule has 1 fully saturated rings. The van der Waals surface area contributed by atoms with Crippen LogP contribution in [0.25, 0.3) is 11.0 Å². The Hall–Kier alpha value is -2.86. The number of H-pyrrole nitrogens is 1. The lowest BCUT2D eigenvalue weighted by Crippen LogP contribution is -2.45. The van der Waals surface area contributed by atoms with Gasteiger partial charge in [0.1, 0.15) is 0 Å². The van der Waals surface area contributed by atoms with Gasteiger partial charge in [0.25, 0.3) is 5.91 Å². The number of carbonyl (C=O) groups is 1. The molecule has 10 nitrogen and oxygen atoms in total. The molecule has 1 aliphatic rings. The number of ether oxygens (including phenoxy) is 1. The second-order valence-electron chi connectivity index (χ2n) is 7.98. The summed E-state index contributed by atoms with van der Waals surface area (Å²) in [5.74, 6) is -0.260. The number of sulfonamides is 1. The molecule has 3 aromatic rings. The van der Waals surface area contributed by atoms with Gasteiger partial charge < -0.3 is 15.4 Å². The number of benzene rings is 1. The van der Waals surface area contributed by atoms with E-state index in [4.69, 9.17) is 4.74 Å². The van der Waals surface area contributed by atoms with E-state index < -0.39 is 10.0 Å². The number of nitrogens with one attached hydrogen (secondary N) is 3. The van der Waals surface area contributed by atoms with Crippen molar-refractivity contribution in [3.8, 4) is 0 Å². The summed E-state index contributed by atoms with van der Waals surface area (Å²) in [6.07, 6.45) is 4.64. The lowest BCUT2D eigenvalue weighted by molar-refractivity contribution is 0.0950. The molecular weight excluding hydrogens is 444 g/mol. The van der Waals surface area contributed by atoms with E-state index in [-0.39, 0.29) is 17.3 Å². The fourth-order valence-corrected chi connectivity index (χ4v) is 5.31. The Bertz CT molecular complexity index is 1190. The Morgan fingerprint density at radius 2 is 1.97 bits per heavy atom. The van der Waals surface area contributed by atoms with Crippen LogP contribution in [0.15, 0.2) is 47.6 Å². The molecule has 11 heteroatoms. The molecule has 0 saturated carbocycles. The number of methoxy groups -OCH3 is 1. The molecule has 0 spiro atoms. The molecule has 33 heavy (non-hydrogen) atoms. The summed E-state index contributed by atoms with van der Waals surface area (Å²) in [6.45, 7) is 2.66. The zero-order chi connectivity index (χ0) is 23.3. The minimum Gasteiger partial charge on any atom is -0.383 e. The van der Waals surface area contributed by atoms with Crippen LogP contribution in [0.4, 0.5) is 0 Å². The summed E-state index contributed by atoms with van der Waals surface area (Å²) >= 11 is 0. The standard InChI is InChI=1S/C22H28N6O4S/c1-32-11-8-23-19-6-9-28(10-7-19)33(30,31)20-4-2-16(3-5-20)13-25-22(29)18-12-17-15-26-27-21(17)24-14-18/h2-5,12,14-15,19,23H,6-11,13H2,1H3,(H,25,29)(H,24,26,27). The van der Waals surface area contributed by atoms with Gasteiger partial charge in [-0.15, -0.1) is 0 Å². The SMILES string of the molecule is COCCNC1CCN(S(=O)(=O)c2ccc(CNC(=O)c3cnc4[nH]ncc4c3)cc2)CC1. The Labute approximate surface area is 192 Å². The first kappa shape index (κ1) is 23.3. The van der Waals surface area contributed by atoms with Gasteiger partial charge in [-0.3, -0.25) is 9.89 Å². The Kier molecular flexibility index (Phi) is 7.33. The number of hydrogen-bond acceptors (Lipinski definition) is 7. The molecule has 0 radical (unpaired) electrons. The average Bonchev–Trinajstić information content (AvgIpc) is 3.31. The Balaban J connectivity index is 1.31. The number of pyridine rings is 1. The van der Waals surface area contributed by atoms with Crippen LogP contribution in [0, 0.1) is 0 Å². The van der Waals surface area contributed by atoms with Crippen LogP contribution < -0.4 is 10.6 Å². The van der Waals surface area contributed by atoms with Gasteiger partial charge >= 0.3 is 0 Å². The predicted octanol–water partition coefficient (Wildman–Crippen LogP) is 1.28. The lowest BCUT2D eigenvalue weighted by atomic mass is 10.1. The maximum Gasteiger partial charge on any atom is 0.253 e. The molecule has 1 aliphatic heterocycles. The van der Waals surface area contributed by atoms with Gasteiger partial charge in [0.05, 0.1) is 23.3 Å². The molecule has 0 aliphatic carbocycles. The summed E-state index contributed by atoms with van der Waals surface area (Å²) in [6, 6.07) is 8.67. The summed E-state index contributed by atoms with van der Waals surface area (Å²) in [7, 11) is -1.88. The van der Waals surface area contributed by atoms with E-state index in [9.17, 15) is 13.2 Å². The van der Waals surface area contributed by atoms with E-state index >= 15 is 0 Å². The normalized spacial score (nSPS) is 15.7. The molecule has 2 aromatic heterocycles. The predicted molar refractivity (Wildman–Crippen MR) is 123 cm³/mol. The summed E-state index contributed by atoms with van der Waals surface area (Å²) in [5, 5.41) is 13.6. The average molecular weight is 473 g/mol. The third-order valence-electron chi connectivity index (χ3n) is 5.76. The second kappa shape index (κ2) is 10.4. The van der Waals surface area contributed by atoms with Crippen molar-refractivity contribution in [3.05, 3.63) is 53.9 Å². The third-order valence-corrected chi connectivity index (χ3v) is 7.67. The largest absolute Gasteiger partial charge is 0.383 e. The van der Waals surface area contributed by atoms with E-state index in [1.54, 1.807) is 43.6 Å². The van der Waals surface area contributed by atoms with E-state index in [2.05, 4.69) is 25.8 Å². The number of piperidine rings is 1. The highest BCUT2D eigenvalue weighted by atomic mass is 32.2. The van der Waals surface area contributed by atoms with Crippen molar-refractivity contribution < 1.29 is 17.9 Å². The monoisotopic (exact) mass is 472 g/mol. The van der Waals surface area contributed by atoms with Crippen molar-refractivity contribution in [2.45, 2.75) is 30.3 Å². The van der Waals surface area contributed by atoms with Crippen molar-refractivity contribution in [1.29, 1.82) is 0 Å². The van der Waals surface area contributed by atoms with Crippen molar-refractivity contribution in [2.24, 2.45) is 0 Å². The van der Waals surface area contributed by atoms with E-state index in [1.165, 1.54) is 10.5 Å². The molecule has 0 atom stereocenters. The fourth-order valence-electron chi connectivity index (χ4n) is 3.84. The van der Waals surface area contributed by atoms with Crippen LogP contribution in [0.5, 0.6) is 0 Å². The van der Waals surface area contributed by atoms with Gasteiger partial charge in [-0.25, -0.2) is 13.4 Å². The zero-order valence-corrected chi connectivity index (χ0v) is 19.3. The third kappa shape index (κ3) is 5.56. The van der Waals surface area contributed by atoms with Crippen LogP contribution in [-0.4, -0.2) is 73.2 Å². The van der Waals surface area contributed by atoms with Crippen LogP contribution in [0.2, 0.25) is 0 Å². The first-order valence-electron chi connectivity index (χ1n) is 10.9. The van der Waals surface area contributed by atoms with E-state index in [1.807, 2.05) is 0 Å². The molecule has 1 aromatic carbocycles. The minimum atomic E-state index is -3.54. The van der Waals surface area contributed by atoms with Gasteiger partial charge in [0.15, 0.2) is 5.65 Å². The van der Waals surface area contributed by atoms with Crippen LogP contribution in [0.3, 0.4) is 0 Å². The molecule has 4 rings (SSSR count). The van der Waals surface area contributed by atoms with E-state index in [0.717, 1.165) is 30.3 Å². The quantitative estimate of drug-likeness (QED) is 0.400. The molecule has 3 N–H and O–H groups in total. The van der Waals surface area contributed by atoms with Gasteiger partial charge in [-0.2, -0.15) is 9.40 Å². The smallest absolute Gasteiger partial charge is 0.253 e. The molecular formula is C22H28N6O4S. The number of hydrogen-bond donors (Lipinski definition) is 3. The minimum absolute atomic E-state index is 0.260. The van der Waals surface area contributed by atoms with Crippen molar-refractivity contribution >= 4 is 27.0 Å². The first-order valence-corrected chi connectivity index (χ1v) is 12.3. The lowest BCUT2D eigenvalue weighted by Gasteiger charge is -2.31. The second-order valence-corrected chi connectivity index (χ2v) is 9.92. The number of carbonyl (C=O) groups excluding carboxylic acids is 1. The number of nitrogens with zero attached hydrogens (tertiary/aromatic N) is 3. The van der Waals surface area contributed by atoms with Crippen molar-refractivity contribution in [1.82, 2.24) is 30.1 Å². The molecule has 176 valence electrons. The number of rotatable bonds is 9. The first-order chi connectivity index (χ1) is 16.0. The molecule has 1 amide bonds. The molecule has 3 heterocycles. The topological polar surface area (TPSA) is 129 Å². The summed E-state index contributed by atoms with van der Waals surface area (Å²) in [4.78, 5) is 16.9. The van der Waals surface area contributed by atoms with Crippen molar-refractivity contribution in [3.63, 3.8) is 0 Å². The van der Waals surface area contributed by atoms with Gasteiger partial charge in [-0.05, 0) is 36.6 Å². The van der Waals surface area contributed by atoms with Gasteiger partial charge in [0, 0.05) is 50.9 Å². The zero-order valence-electron chi connectivity index (χ0n) is 18.5. The molecule has 1 saturated heterocycles. The van der Waals surface area contributed by atoms with Crippen LogP contribution >= 0.6 is 0 Å². The molecule has 0 bridgehead atoms. The van der Waals surface area contributed by atoms with Crippen LogP contribution in [-0.2, 0) is 21.3 Å². The highest BCUT2D eigenvalue weighted by molar-refractivity contribution is 7.89. The van der Waals surface area contributed by atoms with Crippen LogP contribution in [0.1, 0.15) is 28.8 Å². The van der Waals surface area contributed by atoms with E-state index in [0.29, 0.717) is 36.9 Å². The van der Waals surface area contributed by atoms with Gasteiger partial charge in [-0.1, -0.05) is 12.1 Å². The highest BCUT2D eigenvalue weighted by Gasteiger charge is 2.29. The van der Waals surface area contributed by atoms with Gasteiger partial charge in [0.2, 0.25) is 10.0 Å². The Morgan fingerprint density at radius 1 is 1.21 bits per heavy atom. The summed E-state index contributed by atoms with van der Waals surface area (Å²) in [5.41, 5.74) is 1.86. The maximum absolute atomic E-state index is 13.0. The van der Waals surface area contributed by atoms with Crippen molar-refractivity contribution in [2.75, 3.05) is 33.4 Å². The number of amides is 1.